The van der Waals surface area contributed by atoms with Gasteiger partial charge in [-0.2, -0.15) is 0 Å². The molecule has 0 unspecified atom stereocenters. The molecule has 0 bridgehead atoms. The quantitative estimate of drug-likeness (QED) is 0.373. The van der Waals surface area contributed by atoms with Gasteiger partial charge >= 0.3 is 0 Å². The van der Waals surface area contributed by atoms with Gasteiger partial charge in [0.05, 0.1) is 13.0 Å². The first kappa shape index (κ1) is 21.8. The third-order valence-electron chi connectivity index (χ3n) is 4.80. The van der Waals surface area contributed by atoms with E-state index in [1.165, 1.54) is 11.1 Å². The van der Waals surface area contributed by atoms with Crippen LogP contribution in [0.1, 0.15) is 29.5 Å². The number of aliphatic imine (C=N–C) groups is 1. The van der Waals surface area contributed by atoms with Crippen LogP contribution in [0.4, 0.5) is 11.4 Å². The number of hydrogen-bond donors (Lipinski definition) is 4. The number of carbonyl (C=O) groups is 3. The molecule has 1 aliphatic heterocycles. The highest BCUT2D eigenvalue weighted by molar-refractivity contribution is 6.01. The predicted octanol–water partition coefficient (Wildman–Crippen LogP) is 1.22. The largest absolute Gasteiger partial charge is 0.395 e. The third-order valence-corrected chi connectivity index (χ3v) is 4.80. The molecule has 5 N–H and O–H groups in total. The number of nitrogens with zero attached hydrogens (tertiary/aromatic N) is 2. The topological polar surface area (TPSA) is 149 Å². The van der Waals surface area contributed by atoms with E-state index in [4.69, 9.17) is 11.1 Å². The predicted molar refractivity (Wildman–Crippen MR) is 118 cm³/mol. The minimum absolute atomic E-state index is 0.0364. The number of amides is 3. The zero-order chi connectivity index (χ0) is 22.4. The second-order valence-electron chi connectivity index (χ2n) is 7.02. The number of carbonyl (C=O) groups excluding carboxylic acids is 3. The van der Waals surface area contributed by atoms with Crippen LogP contribution in [-0.4, -0.2) is 48.0 Å². The van der Waals surface area contributed by atoms with Gasteiger partial charge in [-0.3, -0.25) is 19.8 Å². The molecule has 9 nitrogen and oxygen atoms in total. The Kier molecular flexibility index (Phi) is 6.88. The van der Waals surface area contributed by atoms with E-state index in [0.717, 1.165) is 11.1 Å². The van der Waals surface area contributed by atoms with Crippen molar-refractivity contribution in [3.8, 4) is 0 Å². The molecule has 0 atom stereocenters. The SMILES string of the molecule is N=C(N)c1ccc(NC(=O)CCC(=O)N(CCO)c2ccc3c(c2)CC(=O)N=C3)cc1. The summed E-state index contributed by atoms with van der Waals surface area (Å²) in [6, 6.07) is 11.7. The molecule has 0 saturated heterocycles. The van der Waals surface area contributed by atoms with Gasteiger partial charge in [-0.05, 0) is 47.5 Å². The Morgan fingerprint density at radius 1 is 1.16 bits per heavy atom. The Bertz CT molecular complexity index is 1050. The minimum Gasteiger partial charge on any atom is -0.395 e. The van der Waals surface area contributed by atoms with Gasteiger partial charge in [-0.15, -0.1) is 0 Å². The summed E-state index contributed by atoms with van der Waals surface area (Å²) in [4.78, 5) is 41.7. The maximum Gasteiger partial charge on any atom is 0.250 e. The number of aliphatic hydroxyl groups excluding tert-OH is 1. The molecule has 160 valence electrons. The van der Waals surface area contributed by atoms with Crippen LogP contribution in [0, 0.1) is 5.41 Å². The van der Waals surface area contributed by atoms with Gasteiger partial charge in [0.25, 0.3) is 0 Å². The summed E-state index contributed by atoms with van der Waals surface area (Å²) in [5.74, 6) is -0.962. The van der Waals surface area contributed by atoms with E-state index in [1.807, 2.05) is 0 Å². The minimum atomic E-state index is -0.333. The number of anilines is 2. The number of nitrogens with one attached hydrogen (secondary N) is 2. The van der Waals surface area contributed by atoms with Crippen LogP contribution in [0.5, 0.6) is 0 Å². The number of fused-ring (bicyclic) bond motifs is 1. The van der Waals surface area contributed by atoms with Crippen LogP contribution in [-0.2, 0) is 20.8 Å². The summed E-state index contributed by atoms with van der Waals surface area (Å²) in [5.41, 5.74) is 8.62. The molecule has 2 aromatic rings. The number of nitrogen functional groups attached to an aromatic ring is 1. The van der Waals surface area contributed by atoms with Gasteiger partial charge in [-0.1, -0.05) is 6.07 Å². The van der Waals surface area contributed by atoms with Gasteiger partial charge in [0.2, 0.25) is 17.7 Å². The van der Waals surface area contributed by atoms with Gasteiger partial charge in [-0.25, -0.2) is 4.99 Å². The van der Waals surface area contributed by atoms with Crippen molar-refractivity contribution in [3.63, 3.8) is 0 Å². The zero-order valence-electron chi connectivity index (χ0n) is 16.8. The molecule has 31 heavy (non-hydrogen) atoms. The number of amidine groups is 1. The second-order valence-corrected chi connectivity index (χ2v) is 7.02. The third kappa shape index (κ3) is 5.61. The van der Waals surface area contributed by atoms with Gasteiger partial charge in [0.15, 0.2) is 0 Å². The standard InChI is InChI=1S/C22H23N5O4/c23-22(24)14-1-4-17(5-2-14)26-19(29)7-8-21(31)27(9-10-28)18-6-3-15-13-25-20(30)12-16(15)11-18/h1-6,11,13,28H,7-10,12H2,(H3,23,24)(H,26,29). The molecule has 0 saturated carbocycles. The molecule has 1 heterocycles. The summed E-state index contributed by atoms with van der Waals surface area (Å²) in [6.07, 6.45) is 1.57. The maximum atomic E-state index is 12.7. The fraction of sp³-hybridized carbons (Fsp3) is 0.227. The first-order chi connectivity index (χ1) is 14.9. The molecule has 0 aromatic heterocycles. The van der Waals surface area contributed by atoms with Crippen LogP contribution >= 0.6 is 0 Å². The second kappa shape index (κ2) is 9.77. The molecule has 9 heteroatoms. The Morgan fingerprint density at radius 3 is 2.58 bits per heavy atom. The first-order valence-electron chi connectivity index (χ1n) is 9.72. The molecule has 3 amide bonds. The highest BCUT2D eigenvalue weighted by Crippen LogP contribution is 2.23. The normalized spacial score (nSPS) is 12.2. The molecule has 0 spiro atoms. The maximum absolute atomic E-state index is 12.7. The molecule has 0 fully saturated rings. The molecule has 2 aromatic carbocycles. The van der Waals surface area contributed by atoms with E-state index < -0.39 is 0 Å². The average molecular weight is 421 g/mol. The van der Waals surface area contributed by atoms with Crippen molar-refractivity contribution in [2.75, 3.05) is 23.4 Å². The molecular weight excluding hydrogens is 398 g/mol. The lowest BCUT2D eigenvalue weighted by Gasteiger charge is -2.23. The Balaban J connectivity index is 1.62. The van der Waals surface area contributed by atoms with Crippen LogP contribution < -0.4 is 16.0 Å². The summed E-state index contributed by atoms with van der Waals surface area (Å²) < 4.78 is 0. The highest BCUT2D eigenvalue weighted by Gasteiger charge is 2.19. The number of benzene rings is 2. The number of aliphatic hydroxyl groups is 1. The van der Waals surface area contributed by atoms with Gasteiger partial charge in [0, 0.05) is 42.5 Å². The van der Waals surface area contributed by atoms with Crippen molar-refractivity contribution in [2.45, 2.75) is 19.3 Å². The molecule has 1 aliphatic rings. The smallest absolute Gasteiger partial charge is 0.250 e. The number of nitrogens with two attached hydrogens (primary N) is 1. The average Bonchev–Trinajstić information content (AvgIpc) is 2.75. The summed E-state index contributed by atoms with van der Waals surface area (Å²) in [6.45, 7) is -0.161. The molecule has 3 rings (SSSR count). The fourth-order valence-electron chi connectivity index (χ4n) is 3.20. The summed E-state index contributed by atoms with van der Waals surface area (Å²) >= 11 is 0. The Hall–Kier alpha value is -3.85. The van der Waals surface area contributed by atoms with Crippen molar-refractivity contribution in [1.29, 1.82) is 5.41 Å². The van der Waals surface area contributed by atoms with E-state index in [2.05, 4.69) is 10.3 Å². The van der Waals surface area contributed by atoms with Gasteiger partial charge in [0.1, 0.15) is 5.84 Å². The number of hydrogen-bond acceptors (Lipinski definition) is 5. The van der Waals surface area contributed by atoms with E-state index >= 15 is 0 Å². The van der Waals surface area contributed by atoms with Crippen LogP contribution in [0.25, 0.3) is 0 Å². The van der Waals surface area contributed by atoms with E-state index in [-0.39, 0.29) is 56.0 Å². The zero-order valence-corrected chi connectivity index (χ0v) is 16.8. The lowest BCUT2D eigenvalue weighted by atomic mass is 10.0. The lowest BCUT2D eigenvalue weighted by molar-refractivity contribution is -0.122. The summed E-state index contributed by atoms with van der Waals surface area (Å²) in [7, 11) is 0. The van der Waals surface area contributed by atoms with E-state index in [1.54, 1.807) is 42.5 Å². The summed E-state index contributed by atoms with van der Waals surface area (Å²) in [5, 5.41) is 19.5. The van der Waals surface area contributed by atoms with E-state index in [9.17, 15) is 19.5 Å². The van der Waals surface area contributed by atoms with Gasteiger partial charge < -0.3 is 21.1 Å². The van der Waals surface area contributed by atoms with Crippen molar-refractivity contribution >= 4 is 41.1 Å². The van der Waals surface area contributed by atoms with Crippen molar-refractivity contribution in [1.82, 2.24) is 0 Å². The van der Waals surface area contributed by atoms with Crippen molar-refractivity contribution < 1.29 is 19.5 Å². The van der Waals surface area contributed by atoms with Crippen LogP contribution in [0.2, 0.25) is 0 Å². The molecule has 0 aliphatic carbocycles. The van der Waals surface area contributed by atoms with Crippen LogP contribution in [0.3, 0.4) is 0 Å². The first-order valence-corrected chi connectivity index (χ1v) is 9.72. The van der Waals surface area contributed by atoms with Crippen molar-refractivity contribution in [3.05, 3.63) is 59.2 Å². The Morgan fingerprint density at radius 2 is 1.90 bits per heavy atom. The highest BCUT2D eigenvalue weighted by atomic mass is 16.3. The van der Waals surface area contributed by atoms with Crippen LogP contribution in [0.15, 0.2) is 47.5 Å². The Labute approximate surface area is 179 Å². The number of rotatable bonds is 8. The monoisotopic (exact) mass is 421 g/mol. The van der Waals surface area contributed by atoms with Crippen molar-refractivity contribution in [2.24, 2.45) is 10.7 Å². The molecule has 0 radical (unpaired) electrons. The lowest BCUT2D eigenvalue weighted by Crippen LogP contribution is -2.34. The molecular formula is C22H23N5O4. The fourth-order valence-corrected chi connectivity index (χ4v) is 3.20. The van der Waals surface area contributed by atoms with E-state index in [0.29, 0.717) is 16.9 Å².